The molecule has 0 saturated carbocycles. The second kappa shape index (κ2) is 10.9. The van der Waals surface area contributed by atoms with E-state index < -0.39 is 5.41 Å². The van der Waals surface area contributed by atoms with E-state index in [1.807, 2.05) is 6.20 Å². The highest BCUT2D eigenvalue weighted by Crippen LogP contribution is 2.63. The monoisotopic (exact) mass is 709 g/mol. The van der Waals surface area contributed by atoms with Crippen LogP contribution in [0.15, 0.2) is 193 Å². The SMILES string of the molecule is c1ccc(-c2c3ccccc3c(-c3ccc4c(c3)C3(c5ccccc5-c5cc6oc7ccc8ccccc8c7c6cc53)c3cccnc3-4)c3ccccc23)cc1. The van der Waals surface area contributed by atoms with Crippen LogP contribution < -0.4 is 0 Å². The fourth-order valence-corrected chi connectivity index (χ4v) is 10.5. The molecule has 2 aliphatic carbocycles. The normalized spacial score (nSPS) is 15.2. The number of hydrogen-bond acceptors (Lipinski definition) is 2. The first-order valence-electron chi connectivity index (χ1n) is 19.4. The number of hydrogen-bond donors (Lipinski definition) is 0. The third kappa shape index (κ3) is 3.73. The lowest BCUT2D eigenvalue weighted by Gasteiger charge is -2.30. The molecule has 0 saturated heterocycles. The maximum Gasteiger partial charge on any atom is 0.136 e. The molecule has 0 aliphatic heterocycles. The number of nitrogens with zero attached hydrogens (tertiary/aromatic N) is 1. The summed E-state index contributed by atoms with van der Waals surface area (Å²) in [6.45, 7) is 0. The largest absolute Gasteiger partial charge is 0.456 e. The number of benzene rings is 9. The third-order valence-electron chi connectivity index (χ3n) is 12.7. The minimum Gasteiger partial charge on any atom is -0.456 e. The summed E-state index contributed by atoms with van der Waals surface area (Å²) >= 11 is 0. The minimum atomic E-state index is -0.571. The van der Waals surface area contributed by atoms with E-state index in [1.165, 1.54) is 98.9 Å². The van der Waals surface area contributed by atoms with Crippen molar-refractivity contribution in [1.82, 2.24) is 4.98 Å². The summed E-state index contributed by atoms with van der Waals surface area (Å²) in [6.07, 6.45) is 1.94. The van der Waals surface area contributed by atoms with Crippen molar-refractivity contribution in [1.29, 1.82) is 0 Å². The van der Waals surface area contributed by atoms with Gasteiger partial charge in [-0.3, -0.25) is 4.98 Å². The average molecular weight is 710 g/mol. The number of furan rings is 1. The lowest BCUT2D eigenvalue weighted by Crippen LogP contribution is -2.26. The Morgan fingerprint density at radius 3 is 1.80 bits per heavy atom. The van der Waals surface area contributed by atoms with E-state index in [9.17, 15) is 0 Å². The van der Waals surface area contributed by atoms with Crippen molar-refractivity contribution in [2.24, 2.45) is 0 Å². The van der Waals surface area contributed by atoms with Crippen LogP contribution in [0.2, 0.25) is 0 Å². The highest BCUT2D eigenvalue weighted by atomic mass is 16.3. The Morgan fingerprint density at radius 1 is 0.375 bits per heavy atom. The van der Waals surface area contributed by atoms with Crippen LogP contribution in [0.25, 0.3) is 98.9 Å². The molecule has 2 aliphatic rings. The standard InChI is InChI=1S/C54H31NO/c1-2-14-33(15-3-1)50-37-18-6-8-20-39(37)51(40-21-9-7-19-38(40)50)34-24-26-41-46(29-34)54(45-23-12-28-55-53(41)45)44-22-11-10-17-36(44)42-31-49-43(30-47(42)54)52-35-16-5-4-13-32(35)25-27-48(52)56-49/h1-31H. The zero-order valence-corrected chi connectivity index (χ0v) is 30.3. The summed E-state index contributed by atoms with van der Waals surface area (Å²) in [6, 6.07) is 66.9. The molecule has 0 radical (unpaired) electrons. The molecule has 2 aromatic heterocycles. The molecule has 2 heteroatoms. The number of pyridine rings is 1. The van der Waals surface area contributed by atoms with Crippen molar-refractivity contribution in [2.75, 3.05) is 0 Å². The van der Waals surface area contributed by atoms with Gasteiger partial charge in [0, 0.05) is 22.5 Å². The van der Waals surface area contributed by atoms with Gasteiger partial charge in [-0.25, -0.2) is 0 Å². The summed E-state index contributed by atoms with van der Waals surface area (Å²) in [5, 5.41) is 9.74. The molecule has 2 nitrogen and oxygen atoms in total. The first-order valence-corrected chi connectivity index (χ1v) is 19.4. The van der Waals surface area contributed by atoms with E-state index in [4.69, 9.17) is 9.40 Å². The predicted molar refractivity (Wildman–Crippen MR) is 231 cm³/mol. The summed E-state index contributed by atoms with van der Waals surface area (Å²) < 4.78 is 6.68. The maximum atomic E-state index is 6.68. The maximum absolute atomic E-state index is 6.68. The van der Waals surface area contributed by atoms with Crippen molar-refractivity contribution >= 4 is 54.3 Å². The highest BCUT2D eigenvalue weighted by molar-refractivity contribution is 6.22. The summed E-state index contributed by atoms with van der Waals surface area (Å²) in [4.78, 5) is 5.14. The van der Waals surface area contributed by atoms with Crippen molar-refractivity contribution < 1.29 is 4.42 Å². The van der Waals surface area contributed by atoms with Gasteiger partial charge in [0.05, 0.1) is 11.1 Å². The Hall–Kier alpha value is -7.29. The summed E-state index contributed by atoms with van der Waals surface area (Å²) in [5.41, 5.74) is 16.0. The molecule has 1 spiro atoms. The van der Waals surface area contributed by atoms with Crippen molar-refractivity contribution in [3.63, 3.8) is 0 Å². The van der Waals surface area contributed by atoms with E-state index in [-0.39, 0.29) is 0 Å². The fraction of sp³-hybridized carbons (Fsp3) is 0.0185. The Bertz CT molecular complexity index is 3430. The van der Waals surface area contributed by atoms with Gasteiger partial charge in [0.1, 0.15) is 11.2 Å². The third-order valence-corrected chi connectivity index (χ3v) is 12.7. The Kier molecular flexibility index (Phi) is 5.86. The van der Waals surface area contributed by atoms with E-state index in [2.05, 4.69) is 182 Å². The van der Waals surface area contributed by atoms with Crippen molar-refractivity contribution in [2.45, 2.75) is 5.41 Å². The van der Waals surface area contributed by atoms with Crippen molar-refractivity contribution in [3.05, 3.63) is 210 Å². The molecule has 0 bridgehead atoms. The minimum absolute atomic E-state index is 0.571. The molecule has 13 rings (SSSR count). The van der Waals surface area contributed by atoms with Gasteiger partial charge >= 0.3 is 0 Å². The predicted octanol–water partition coefficient (Wildman–Crippen LogP) is 14.1. The van der Waals surface area contributed by atoms with Gasteiger partial charge in [-0.05, 0) is 118 Å². The van der Waals surface area contributed by atoms with Crippen LogP contribution >= 0.6 is 0 Å². The lowest BCUT2D eigenvalue weighted by atomic mass is 9.70. The first kappa shape index (κ1) is 30.1. The zero-order valence-electron chi connectivity index (χ0n) is 30.3. The Balaban J connectivity index is 1.16. The van der Waals surface area contributed by atoms with Crippen LogP contribution in [0.1, 0.15) is 22.3 Å². The molecule has 258 valence electrons. The number of rotatable bonds is 2. The second-order valence-corrected chi connectivity index (χ2v) is 15.3. The van der Waals surface area contributed by atoms with Crippen molar-refractivity contribution in [3.8, 4) is 44.6 Å². The van der Waals surface area contributed by atoms with Crippen LogP contribution in [0.4, 0.5) is 0 Å². The second-order valence-electron chi connectivity index (χ2n) is 15.3. The molecule has 9 aromatic carbocycles. The fourth-order valence-electron chi connectivity index (χ4n) is 10.5. The smallest absolute Gasteiger partial charge is 0.136 e. The molecule has 0 N–H and O–H groups in total. The van der Waals surface area contributed by atoms with E-state index in [0.717, 1.165) is 22.2 Å². The highest BCUT2D eigenvalue weighted by Gasteiger charge is 2.52. The Labute approximate surface area is 322 Å². The van der Waals surface area contributed by atoms with Gasteiger partial charge in [0.2, 0.25) is 0 Å². The van der Waals surface area contributed by atoms with Gasteiger partial charge in [0.25, 0.3) is 0 Å². The molecular weight excluding hydrogens is 679 g/mol. The van der Waals surface area contributed by atoms with Crippen LogP contribution in [0.3, 0.4) is 0 Å². The zero-order chi connectivity index (χ0) is 36.5. The molecule has 0 amide bonds. The topological polar surface area (TPSA) is 26.0 Å². The van der Waals surface area contributed by atoms with Crippen LogP contribution in [0, 0.1) is 0 Å². The molecule has 2 heterocycles. The molecule has 1 unspecified atom stereocenters. The van der Waals surface area contributed by atoms with Gasteiger partial charge < -0.3 is 4.42 Å². The van der Waals surface area contributed by atoms with Gasteiger partial charge in [-0.15, -0.1) is 0 Å². The van der Waals surface area contributed by atoms with Gasteiger partial charge in [-0.2, -0.15) is 0 Å². The lowest BCUT2D eigenvalue weighted by molar-refractivity contribution is 0.669. The molecule has 1 atom stereocenters. The van der Waals surface area contributed by atoms with Crippen LogP contribution in [-0.2, 0) is 5.41 Å². The number of aromatic nitrogens is 1. The van der Waals surface area contributed by atoms with Gasteiger partial charge in [0.15, 0.2) is 0 Å². The molecule has 11 aromatic rings. The van der Waals surface area contributed by atoms with Crippen LogP contribution in [0.5, 0.6) is 0 Å². The molecule has 0 fully saturated rings. The summed E-state index contributed by atoms with van der Waals surface area (Å²) in [5.74, 6) is 0. The quantitative estimate of drug-likeness (QED) is 0.167. The van der Waals surface area contributed by atoms with Gasteiger partial charge in [-0.1, -0.05) is 152 Å². The van der Waals surface area contributed by atoms with E-state index in [1.54, 1.807) is 0 Å². The first-order chi connectivity index (χ1) is 27.8. The Morgan fingerprint density at radius 2 is 1.02 bits per heavy atom. The summed E-state index contributed by atoms with van der Waals surface area (Å²) in [7, 11) is 0. The van der Waals surface area contributed by atoms with E-state index in [0.29, 0.717) is 0 Å². The van der Waals surface area contributed by atoms with Crippen LogP contribution in [-0.4, -0.2) is 4.98 Å². The molecular formula is C54H31NO. The average Bonchev–Trinajstić information content (AvgIpc) is 3.88. The number of fused-ring (bicyclic) bond motifs is 17. The molecule has 56 heavy (non-hydrogen) atoms. The van der Waals surface area contributed by atoms with E-state index >= 15 is 0 Å².